The van der Waals surface area contributed by atoms with Gasteiger partial charge in [-0.15, -0.1) is 0 Å². The molecule has 1 saturated heterocycles. The summed E-state index contributed by atoms with van der Waals surface area (Å²) in [6, 6.07) is 0.0810. The van der Waals surface area contributed by atoms with Crippen LogP contribution in [-0.2, 0) is 4.79 Å². The minimum Gasteiger partial charge on any atom is -0.347 e. The van der Waals surface area contributed by atoms with Crippen LogP contribution >= 0.6 is 0 Å². The zero-order chi connectivity index (χ0) is 11.5. The number of Topliss-reactive ketones (excluding diaryl/α,β-unsaturated/α-hetero) is 1. The first-order valence-electron chi connectivity index (χ1n) is 5.41. The zero-order valence-electron chi connectivity index (χ0n) is 9.60. The molecule has 5 heteroatoms. The van der Waals surface area contributed by atoms with Gasteiger partial charge in [-0.25, -0.2) is 9.97 Å². The summed E-state index contributed by atoms with van der Waals surface area (Å²) in [7, 11) is 3.80. The van der Waals surface area contributed by atoms with Gasteiger partial charge in [0.25, 0.3) is 0 Å². The highest BCUT2D eigenvalue weighted by molar-refractivity contribution is 5.80. The quantitative estimate of drug-likeness (QED) is 0.788. The van der Waals surface area contributed by atoms with Crippen LogP contribution in [0, 0.1) is 0 Å². The van der Waals surface area contributed by atoms with Crippen molar-refractivity contribution < 1.29 is 4.79 Å². The van der Waals surface area contributed by atoms with Gasteiger partial charge in [-0.3, -0.25) is 4.79 Å². The number of hydrogen-bond acceptors (Lipinski definition) is 5. The predicted octanol–water partition coefficient (Wildman–Crippen LogP) is 0.536. The van der Waals surface area contributed by atoms with E-state index in [1.165, 1.54) is 0 Å². The number of ketones is 1. The topological polar surface area (TPSA) is 58.1 Å². The fourth-order valence-corrected chi connectivity index (χ4v) is 1.77. The first kappa shape index (κ1) is 11.0. The smallest absolute Gasteiger partial charge is 0.224 e. The summed E-state index contributed by atoms with van der Waals surface area (Å²) in [5.74, 6) is 0.992. The highest BCUT2D eigenvalue weighted by Gasteiger charge is 2.20. The monoisotopic (exact) mass is 220 g/mol. The molecule has 2 heterocycles. The van der Waals surface area contributed by atoms with Crippen LogP contribution in [0.5, 0.6) is 0 Å². The lowest BCUT2D eigenvalue weighted by Gasteiger charge is -2.22. The van der Waals surface area contributed by atoms with Crippen molar-refractivity contribution in [3.05, 3.63) is 18.0 Å². The number of hydrogen-bond donors (Lipinski definition) is 1. The summed E-state index contributed by atoms with van der Waals surface area (Å²) in [5.41, 5.74) is 0.985. The van der Waals surface area contributed by atoms with Gasteiger partial charge in [-0.05, 0) is 0 Å². The van der Waals surface area contributed by atoms with E-state index in [4.69, 9.17) is 0 Å². The molecule has 5 nitrogen and oxygen atoms in total. The molecule has 1 unspecified atom stereocenters. The largest absolute Gasteiger partial charge is 0.347 e. The average Bonchev–Trinajstić information content (AvgIpc) is 2.29. The number of nitrogens with one attached hydrogen (secondary N) is 1. The summed E-state index contributed by atoms with van der Waals surface area (Å²) in [5, 5.41) is 3.30. The van der Waals surface area contributed by atoms with Crippen LogP contribution in [0.3, 0.4) is 0 Å². The SMILES string of the molecule is CN(C)c1ncc(C2CC(=O)CCN2)cn1. The molecule has 1 N–H and O–H groups in total. The standard InChI is InChI=1S/C11H16N4O/c1-15(2)11-13-6-8(7-14-11)10-5-9(16)3-4-12-10/h6-7,10,12H,3-5H2,1-2H3. The molecule has 0 saturated carbocycles. The maximum atomic E-state index is 11.3. The van der Waals surface area contributed by atoms with Gasteiger partial charge in [0.2, 0.25) is 5.95 Å². The molecule has 0 aromatic carbocycles. The predicted molar refractivity (Wildman–Crippen MR) is 61.3 cm³/mol. The van der Waals surface area contributed by atoms with Gasteiger partial charge in [0.05, 0.1) is 0 Å². The van der Waals surface area contributed by atoms with Crippen LogP contribution in [0.4, 0.5) is 5.95 Å². The van der Waals surface area contributed by atoms with Gasteiger partial charge in [-0.2, -0.15) is 0 Å². The minimum atomic E-state index is 0.0810. The molecule has 0 amide bonds. The fraction of sp³-hybridized carbons (Fsp3) is 0.545. The normalized spacial score (nSPS) is 20.9. The van der Waals surface area contributed by atoms with Gasteiger partial charge in [-0.1, -0.05) is 0 Å². The Labute approximate surface area is 94.9 Å². The van der Waals surface area contributed by atoms with Gasteiger partial charge in [0.15, 0.2) is 0 Å². The molecule has 1 fully saturated rings. The second-order valence-electron chi connectivity index (χ2n) is 4.21. The van der Waals surface area contributed by atoms with E-state index in [0.29, 0.717) is 24.6 Å². The van der Waals surface area contributed by atoms with E-state index in [0.717, 1.165) is 12.1 Å². The van der Waals surface area contributed by atoms with E-state index in [2.05, 4.69) is 15.3 Å². The molecule has 0 spiro atoms. The first-order chi connectivity index (χ1) is 7.66. The molecule has 1 aliphatic heterocycles. The molecule has 0 radical (unpaired) electrons. The number of nitrogens with zero attached hydrogens (tertiary/aromatic N) is 3. The Hall–Kier alpha value is -1.49. The third kappa shape index (κ3) is 2.36. The highest BCUT2D eigenvalue weighted by Crippen LogP contribution is 2.20. The first-order valence-corrected chi connectivity index (χ1v) is 5.41. The van der Waals surface area contributed by atoms with Crippen LogP contribution in [0.25, 0.3) is 0 Å². The lowest BCUT2D eigenvalue weighted by Crippen LogP contribution is -2.32. The maximum absolute atomic E-state index is 11.3. The number of piperidine rings is 1. The molecule has 2 rings (SSSR count). The summed E-state index contributed by atoms with van der Waals surface area (Å²) >= 11 is 0. The number of carbonyl (C=O) groups is 1. The van der Waals surface area contributed by atoms with E-state index in [9.17, 15) is 4.79 Å². The van der Waals surface area contributed by atoms with Gasteiger partial charge < -0.3 is 10.2 Å². The van der Waals surface area contributed by atoms with Crippen molar-refractivity contribution >= 4 is 11.7 Å². The third-order valence-corrected chi connectivity index (χ3v) is 2.69. The Morgan fingerprint density at radius 3 is 2.62 bits per heavy atom. The van der Waals surface area contributed by atoms with Crippen LogP contribution in [0.15, 0.2) is 12.4 Å². The van der Waals surface area contributed by atoms with E-state index >= 15 is 0 Å². The second kappa shape index (κ2) is 4.57. The van der Waals surface area contributed by atoms with E-state index in [1.54, 1.807) is 12.4 Å². The number of aromatic nitrogens is 2. The van der Waals surface area contributed by atoms with Gasteiger partial charge >= 0.3 is 0 Å². The molecular formula is C11H16N4O. The summed E-state index contributed by atoms with van der Waals surface area (Å²) < 4.78 is 0. The molecule has 1 aromatic heterocycles. The Kier molecular flexibility index (Phi) is 3.14. The molecule has 16 heavy (non-hydrogen) atoms. The number of anilines is 1. The molecule has 0 bridgehead atoms. The Morgan fingerprint density at radius 1 is 1.38 bits per heavy atom. The average molecular weight is 220 g/mol. The lowest BCUT2D eigenvalue weighted by molar-refractivity contribution is -0.120. The van der Waals surface area contributed by atoms with E-state index in [1.807, 2.05) is 19.0 Å². The Balaban J connectivity index is 2.11. The van der Waals surface area contributed by atoms with Gasteiger partial charge in [0, 0.05) is 57.5 Å². The Morgan fingerprint density at radius 2 is 2.06 bits per heavy atom. The van der Waals surface area contributed by atoms with Crippen molar-refractivity contribution in [1.29, 1.82) is 0 Å². The van der Waals surface area contributed by atoms with Crippen LogP contribution in [0.1, 0.15) is 24.4 Å². The highest BCUT2D eigenvalue weighted by atomic mass is 16.1. The van der Waals surface area contributed by atoms with Crippen LogP contribution < -0.4 is 10.2 Å². The van der Waals surface area contributed by atoms with Crippen molar-refractivity contribution in [2.45, 2.75) is 18.9 Å². The molecule has 1 atom stereocenters. The minimum absolute atomic E-state index is 0.0810. The van der Waals surface area contributed by atoms with Gasteiger partial charge in [0.1, 0.15) is 5.78 Å². The fourth-order valence-electron chi connectivity index (χ4n) is 1.77. The number of carbonyl (C=O) groups excluding carboxylic acids is 1. The summed E-state index contributed by atoms with van der Waals surface area (Å²) in [6.07, 6.45) is 4.76. The van der Waals surface area contributed by atoms with E-state index in [-0.39, 0.29) is 6.04 Å². The van der Waals surface area contributed by atoms with Crippen molar-refractivity contribution in [2.75, 3.05) is 25.5 Å². The molecule has 86 valence electrons. The molecule has 0 aliphatic carbocycles. The summed E-state index contributed by atoms with van der Waals surface area (Å²) in [4.78, 5) is 21.7. The summed E-state index contributed by atoms with van der Waals surface area (Å²) in [6.45, 7) is 0.749. The van der Waals surface area contributed by atoms with E-state index < -0.39 is 0 Å². The lowest BCUT2D eigenvalue weighted by atomic mass is 9.99. The molecular weight excluding hydrogens is 204 g/mol. The maximum Gasteiger partial charge on any atom is 0.224 e. The number of rotatable bonds is 2. The van der Waals surface area contributed by atoms with Crippen LogP contribution in [0.2, 0.25) is 0 Å². The molecule has 1 aliphatic rings. The second-order valence-corrected chi connectivity index (χ2v) is 4.21. The van der Waals surface area contributed by atoms with Crippen molar-refractivity contribution in [3.63, 3.8) is 0 Å². The molecule has 1 aromatic rings. The van der Waals surface area contributed by atoms with Crippen molar-refractivity contribution in [3.8, 4) is 0 Å². The Bertz CT molecular complexity index is 374. The zero-order valence-corrected chi connectivity index (χ0v) is 9.60. The van der Waals surface area contributed by atoms with Crippen LogP contribution in [-0.4, -0.2) is 36.4 Å². The van der Waals surface area contributed by atoms with Crippen molar-refractivity contribution in [1.82, 2.24) is 15.3 Å². The van der Waals surface area contributed by atoms with Crippen molar-refractivity contribution in [2.24, 2.45) is 0 Å². The third-order valence-electron chi connectivity index (χ3n) is 2.69.